The van der Waals surface area contributed by atoms with Gasteiger partial charge in [0.15, 0.2) is 18.1 Å². The summed E-state index contributed by atoms with van der Waals surface area (Å²) in [6, 6.07) is 15.3. The second-order valence-corrected chi connectivity index (χ2v) is 5.35. The van der Waals surface area contributed by atoms with Gasteiger partial charge in [0.25, 0.3) is 5.91 Å². The SMILES string of the molecule is CCOc1cc(C(=O)OCC(=O)N(CC#N)c2ccccc2)ccc1OC. The molecule has 0 aliphatic rings. The Morgan fingerprint density at radius 3 is 2.48 bits per heavy atom. The molecule has 0 N–H and O–H groups in total. The fourth-order valence-corrected chi connectivity index (χ4v) is 2.36. The molecule has 1 amide bonds. The Labute approximate surface area is 157 Å². The number of hydrogen-bond acceptors (Lipinski definition) is 6. The molecule has 0 aliphatic carbocycles. The van der Waals surface area contributed by atoms with Crippen LogP contribution < -0.4 is 14.4 Å². The normalized spacial score (nSPS) is 9.81. The molecule has 7 nitrogen and oxygen atoms in total. The van der Waals surface area contributed by atoms with Crippen LogP contribution in [0.1, 0.15) is 17.3 Å². The van der Waals surface area contributed by atoms with Crippen molar-refractivity contribution >= 4 is 17.6 Å². The molecule has 0 aliphatic heterocycles. The van der Waals surface area contributed by atoms with Gasteiger partial charge in [-0.05, 0) is 37.3 Å². The zero-order valence-corrected chi connectivity index (χ0v) is 15.2. The second-order valence-electron chi connectivity index (χ2n) is 5.35. The van der Waals surface area contributed by atoms with E-state index in [2.05, 4.69) is 0 Å². The lowest BCUT2D eigenvalue weighted by Gasteiger charge is -2.19. The summed E-state index contributed by atoms with van der Waals surface area (Å²) in [5.74, 6) is -0.253. The maximum atomic E-state index is 12.4. The number of ether oxygens (including phenoxy) is 3. The molecule has 0 bridgehead atoms. The lowest BCUT2D eigenvalue weighted by Crippen LogP contribution is -2.35. The number of amides is 1. The molecule has 2 rings (SSSR count). The van der Waals surface area contributed by atoms with E-state index in [1.54, 1.807) is 36.4 Å². The first-order valence-electron chi connectivity index (χ1n) is 8.31. The Morgan fingerprint density at radius 2 is 1.85 bits per heavy atom. The van der Waals surface area contributed by atoms with Crippen molar-refractivity contribution < 1.29 is 23.8 Å². The van der Waals surface area contributed by atoms with Crippen molar-refractivity contribution in [3.8, 4) is 17.6 Å². The number of benzene rings is 2. The number of methoxy groups -OCH3 is 1. The monoisotopic (exact) mass is 368 g/mol. The number of esters is 1. The van der Waals surface area contributed by atoms with E-state index in [9.17, 15) is 9.59 Å². The van der Waals surface area contributed by atoms with Crippen molar-refractivity contribution in [3.05, 3.63) is 54.1 Å². The fraction of sp³-hybridized carbons (Fsp3) is 0.250. The van der Waals surface area contributed by atoms with E-state index >= 15 is 0 Å². The predicted octanol–water partition coefficient (Wildman–Crippen LogP) is 2.81. The molecule has 7 heteroatoms. The molecule has 0 unspecified atom stereocenters. The molecular formula is C20H20N2O5. The first-order chi connectivity index (χ1) is 13.1. The molecule has 0 saturated heterocycles. The van der Waals surface area contributed by atoms with Gasteiger partial charge in [0, 0.05) is 5.69 Å². The van der Waals surface area contributed by atoms with Crippen molar-refractivity contribution in [2.75, 3.05) is 31.8 Å². The highest BCUT2D eigenvalue weighted by Gasteiger charge is 2.19. The average molecular weight is 368 g/mol. The summed E-state index contributed by atoms with van der Waals surface area (Å²) in [6.45, 7) is 1.60. The van der Waals surface area contributed by atoms with Crippen molar-refractivity contribution in [2.24, 2.45) is 0 Å². The van der Waals surface area contributed by atoms with Gasteiger partial charge < -0.3 is 14.2 Å². The molecule has 0 aromatic heterocycles. The number of hydrogen-bond donors (Lipinski definition) is 0. The van der Waals surface area contributed by atoms with Gasteiger partial charge in [-0.2, -0.15) is 5.26 Å². The smallest absolute Gasteiger partial charge is 0.338 e. The predicted molar refractivity (Wildman–Crippen MR) is 98.9 cm³/mol. The van der Waals surface area contributed by atoms with Crippen LogP contribution in [0.4, 0.5) is 5.69 Å². The van der Waals surface area contributed by atoms with Crippen molar-refractivity contribution in [3.63, 3.8) is 0 Å². The summed E-state index contributed by atoms with van der Waals surface area (Å²) in [7, 11) is 1.50. The highest BCUT2D eigenvalue weighted by atomic mass is 16.5. The fourth-order valence-electron chi connectivity index (χ4n) is 2.36. The van der Waals surface area contributed by atoms with Gasteiger partial charge in [-0.15, -0.1) is 0 Å². The molecular weight excluding hydrogens is 348 g/mol. The van der Waals surface area contributed by atoms with Crippen molar-refractivity contribution in [2.45, 2.75) is 6.92 Å². The lowest BCUT2D eigenvalue weighted by molar-refractivity contribution is -0.121. The summed E-state index contributed by atoms with van der Waals surface area (Å²) in [4.78, 5) is 25.9. The van der Waals surface area contributed by atoms with Crippen LogP contribution in [0.2, 0.25) is 0 Å². The summed E-state index contributed by atoms with van der Waals surface area (Å²) >= 11 is 0. The zero-order valence-electron chi connectivity index (χ0n) is 15.2. The van der Waals surface area contributed by atoms with Crippen LogP contribution in [-0.4, -0.2) is 38.7 Å². The zero-order chi connectivity index (χ0) is 19.6. The summed E-state index contributed by atoms with van der Waals surface area (Å²) in [6.07, 6.45) is 0. The summed E-state index contributed by atoms with van der Waals surface area (Å²) < 4.78 is 15.7. The third kappa shape index (κ3) is 5.22. The van der Waals surface area contributed by atoms with Gasteiger partial charge in [0.05, 0.1) is 25.3 Å². The number of carbonyl (C=O) groups excluding carboxylic acids is 2. The molecule has 0 saturated carbocycles. The summed E-state index contributed by atoms with van der Waals surface area (Å²) in [5, 5.41) is 8.96. The number of anilines is 1. The Balaban J connectivity index is 2.06. The van der Waals surface area contributed by atoms with Gasteiger partial charge in [0.2, 0.25) is 0 Å². The molecule has 0 radical (unpaired) electrons. The molecule has 2 aromatic carbocycles. The number of nitrogens with zero attached hydrogens (tertiary/aromatic N) is 2. The molecule has 27 heavy (non-hydrogen) atoms. The van der Waals surface area contributed by atoms with E-state index in [4.69, 9.17) is 19.5 Å². The molecule has 0 heterocycles. The van der Waals surface area contributed by atoms with Crippen LogP contribution in [0.5, 0.6) is 11.5 Å². The third-order valence-corrected chi connectivity index (χ3v) is 3.62. The van der Waals surface area contributed by atoms with Crippen molar-refractivity contribution in [1.29, 1.82) is 5.26 Å². The third-order valence-electron chi connectivity index (χ3n) is 3.62. The largest absolute Gasteiger partial charge is 0.493 e. The maximum Gasteiger partial charge on any atom is 0.338 e. The highest BCUT2D eigenvalue weighted by molar-refractivity contribution is 5.97. The van der Waals surface area contributed by atoms with E-state index in [1.807, 2.05) is 13.0 Å². The van der Waals surface area contributed by atoms with Crippen LogP contribution in [0.3, 0.4) is 0 Å². The first-order valence-corrected chi connectivity index (χ1v) is 8.31. The Kier molecular flexibility index (Phi) is 7.20. The molecule has 140 valence electrons. The highest BCUT2D eigenvalue weighted by Crippen LogP contribution is 2.28. The van der Waals surface area contributed by atoms with Crippen LogP contribution in [0.25, 0.3) is 0 Å². The number of rotatable bonds is 8. The van der Waals surface area contributed by atoms with E-state index in [0.717, 1.165) is 0 Å². The average Bonchev–Trinajstić information content (AvgIpc) is 2.70. The van der Waals surface area contributed by atoms with Gasteiger partial charge in [-0.25, -0.2) is 4.79 Å². The Morgan fingerprint density at radius 1 is 1.11 bits per heavy atom. The van der Waals surface area contributed by atoms with Crippen LogP contribution in [0.15, 0.2) is 48.5 Å². The minimum atomic E-state index is -0.670. The lowest BCUT2D eigenvalue weighted by atomic mass is 10.2. The van der Waals surface area contributed by atoms with Crippen molar-refractivity contribution in [1.82, 2.24) is 0 Å². The van der Waals surface area contributed by atoms with Crippen LogP contribution >= 0.6 is 0 Å². The topological polar surface area (TPSA) is 88.9 Å². The second kappa shape index (κ2) is 9.82. The van der Waals surface area contributed by atoms with E-state index in [-0.39, 0.29) is 12.1 Å². The molecule has 0 atom stereocenters. The Bertz CT molecular complexity index is 830. The standard InChI is InChI=1S/C20H20N2O5/c1-3-26-18-13-15(9-10-17(18)25-2)20(24)27-14-19(23)22(12-11-21)16-7-5-4-6-8-16/h4-10,13H,3,12,14H2,1-2H3. The van der Waals surface area contributed by atoms with Crippen LogP contribution in [0, 0.1) is 11.3 Å². The number of para-hydroxylation sites is 1. The van der Waals surface area contributed by atoms with Gasteiger partial charge >= 0.3 is 5.97 Å². The summed E-state index contributed by atoms with van der Waals surface area (Å²) in [5.41, 5.74) is 0.793. The molecule has 0 fully saturated rings. The minimum absolute atomic E-state index is 0.141. The Hall–Kier alpha value is -3.53. The molecule has 0 spiro atoms. The molecule has 2 aromatic rings. The first kappa shape index (κ1) is 19.8. The quantitative estimate of drug-likeness (QED) is 0.526. The van der Waals surface area contributed by atoms with E-state index < -0.39 is 18.5 Å². The number of carbonyl (C=O) groups is 2. The number of nitriles is 1. The van der Waals surface area contributed by atoms with E-state index in [1.165, 1.54) is 24.1 Å². The van der Waals surface area contributed by atoms with Gasteiger partial charge in [-0.3, -0.25) is 9.69 Å². The van der Waals surface area contributed by atoms with Crippen LogP contribution in [-0.2, 0) is 9.53 Å². The van der Waals surface area contributed by atoms with Gasteiger partial charge in [-0.1, -0.05) is 18.2 Å². The van der Waals surface area contributed by atoms with Gasteiger partial charge in [0.1, 0.15) is 6.54 Å². The maximum absolute atomic E-state index is 12.4. The van der Waals surface area contributed by atoms with E-state index in [0.29, 0.717) is 23.8 Å². The minimum Gasteiger partial charge on any atom is -0.493 e.